The van der Waals surface area contributed by atoms with E-state index in [1.165, 1.54) is 11.3 Å². The van der Waals surface area contributed by atoms with Crippen molar-refractivity contribution in [1.82, 2.24) is 15.5 Å². The molecule has 1 aliphatic heterocycles. The van der Waals surface area contributed by atoms with Crippen LogP contribution in [0.4, 0.5) is 0 Å². The quantitative estimate of drug-likeness (QED) is 0.340. The number of thiophene rings is 1. The molecule has 2 heterocycles. The number of halogens is 2. The summed E-state index contributed by atoms with van der Waals surface area (Å²) >= 11 is 7.31. The van der Waals surface area contributed by atoms with Gasteiger partial charge in [0.1, 0.15) is 6.10 Å². The maximum absolute atomic E-state index is 10.2. The van der Waals surface area contributed by atoms with Crippen molar-refractivity contribution in [2.45, 2.75) is 44.9 Å². The summed E-state index contributed by atoms with van der Waals surface area (Å²) in [6.45, 7) is 7.13. The second-order valence-corrected chi connectivity index (χ2v) is 7.91. The molecule has 0 saturated carbocycles. The summed E-state index contributed by atoms with van der Waals surface area (Å²) < 4.78 is 0.693. The summed E-state index contributed by atoms with van der Waals surface area (Å²) in [5.74, 6) is 0.745. The molecule has 3 N–H and O–H groups in total. The van der Waals surface area contributed by atoms with Crippen molar-refractivity contribution < 1.29 is 5.11 Å². The van der Waals surface area contributed by atoms with E-state index in [2.05, 4.69) is 34.4 Å². The van der Waals surface area contributed by atoms with E-state index in [0.717, 1.165) is 36.8 Å². The Kier molecular flexibility index (Phi) is 9.88. The average molecular weight is 487 g/mol. The zero-order valence-electron chi connectivity index (χ0n) is 14.5. The molecule has 0 spiro atoms. The number of likely N-dealkylation sites (tertiary alicyclic amines) is 1. The standard InChI is InChI=1S/C16H27ClN4OS.HI/c1-11(2)21-8-6-12(7-9-21)20-16(18-3)19-10-13(22)14-4-5-15(17)23-14;/h4-5,11-13,22H,6-10H2,1-3H3,(H2,18,19,20);1H. The number of nitrogens with one attached hydrogen (secondary N) is 2. The highest BCUT2D eigenvalue weighted by molar-refractivity contribution is 14.0. The van der Waals surface area contributed by atoms with E-state index in [4.69, 9.17) is 11.6 Å². The minimum absolute atomic E-state index is 0. The summed E-state index contributed by atoms with van der Waals surface area (Å²) in [5, 5.41) is 16.8. The van der Waals surface area contributed by atoms with Crippen LogP contribution >= 0.6 is 46.9 Å². The van der Waals surface area contributed by atoms with Crippen molar-refractivity contribution in [3.63, 3.8) is 0 Å². The first-order chi connectivity index (χ1) is 11.0. The summed E-state index contributed by atoms with van der Waals surface area (Å²) in [5.41, 5.74) is 0. The molecule has 8 heteroatoms. The van der Waals surface area contributed by atoms with E-state index in [-0.39, 0.29) is 24.0 Å². The minimum atomic E-state index is -0.575. The molecule has 138 valence electrons. The van der Waals surface area contributed by atoms with Crippen molar-refractivity contribution in [2.75, 3.05) is 26.7 Å². The number of hydrogen-bond acceptors (Lipinski definition) is 4. The Bertz CT molecular complexity index is 518. The lowest BCUT2D eigenvalue weighted by molar-refractivity contribution is 0.166. The molecule has 1 aliphatic rings. The van der Waals surface area contributed by atoms with Crippen molar-refractivity contribution in [2.24, 2.45) is 4.99 Å². The van der Waals surface area contributed by atoms with E-state index in [1.54, 1.807) is 13.1 Å². The normalized spacial score (nSPS) is 18.3. The Balaban J connectivity index is 0.00000288. The lowest BCUT2D eigenvalue weighted by Crippen LogP contribution is -2.50. The molecule has 0 aliphatic carbocycles. The third-order valence-electron chi connectivity index (χ3n) is 4.21. The van der Waals surface area contributed by atoms with Crippen molar-refractivity contribution in [3.8, 4) is 0 Å². The van der Waals surface area contributed by atoms with Gasteiger partial charge in [-0.05, 0) is 38.8 Å². The molecule has 1 fully saturated rings. The van der Waals surface area contributed by atoms with Crippen LogP contribution in [0.25, 0.3) is 0 Å². The summed E-state index contributed by atoms with van der Waals surface area (Å²) in [4.78, 5) is 7.62. The lowest BCUT2D eigenvalue weighted by Gasteiger charge is -2.35. The SMILES string of the molecule is CN=C(NCC(O)c1ccc(Cl)s1)NC1CCN(C(C)C)CC1.I. The molecule has 0 radical (unpaired) electrons. The van der Waals surface area contributed by atoms with E-state index >= 15 is 0 Å². The predicted octanol–water partition coefficient (Wildman–Crippen LogP) is 3.09. The molecule has 1 aromatic heterocycles. The first kappa shape index (κ1) is 22.0. The molecule has 0 aromatic carbocycles. The molecule has 24 heavy (non-hydrogen) atoms. The molecular weight excluding hydrogens is 459 g/mol. The van der Waals surface area contributed by atoms with Crippen molar-refractivity contribution in [1.29, 1.82) is 0 Å². The Morgan fingerprint density at radius 3 is 2.58 bits per heavy atom. The van der Waals surface area contributed by atoms with Gasteiger partial charge in [0.15, 0.2) is 5.96 Å². The van der Waals surface area contributed by atoms with E-state index in [1.807, 2.05) is 6.07 Å². The maximum Gasteiger partial charge on any atom is 0.191 e. The number of aliphatic hydroxyl groups excluding tert-OH is 1. The smallest absolute Gasteiger partial charge is 0.191 e. The summed E-state index contributed by atoms with van der Waals surface area (Å²) in [7, 11) is 1.76. The fourth-order valence-electron chi connectivity index (χ4n) is 2.75. The summed E-state index contributed by atoms with van der Waals surface area (Å²) in [6.07, 6.45) is 1.65. The van der Waals surface area contributed by atoms with Gasteiger partial charge in [-0.2, -0.15) is 0 Å². The van der Waals surface area contributed by atoms with E-state index in [9.17, 15) is 5.11 Å². The van der Waals surface area contributed by atoms with Crippen LogP contribution in [0.3, 0.4) is 0 Å². The van der Waals surface area contributed by atoms with Crippen LogP contribution in [0.5, 0.6) is 0 Å². The number of piperidine rings is 1. The second-order valence-electron chi connectivity index (χ2n) is 6.16. The van der Waals surface area contributed by atoms with Gasteiger partial charge in [0.25, 0.3) is 0 Å². The molecule has 1 aromatic rings. The first-order valence-electron chi connectivity index (χ1n) is 8.14. The molecule has 1 atom stereocenters. The third kappa shape index (κ3) is 6.67. The second kappa shape index (κ2) is 10.8. The Morgan fingerprint density at radius 2 is 2.08 bits per heavy atom. The largest absolute Gasteiger partial charge is 0.386 e. The highest BCUT2D eigenvalue weighted by atomic mass is 127. The third-order valence-corrected chi connectivity index (χ3v) is 5.54. The fraction of sp³-hybridized carbons (Fsp3) is 0.688. The number of guanidine groups is 1. The van der Waals surface area contributed by atoms with Gasteiger partial charge >= 0.3 is 0 Å². The van der Waals surface area contributed by atoms with Crippen LogP contribution < -0.4 is 10.6 Å². The zero-order chi connectivity index (χ0) is 16.8. The van der Waals surface area contributed by atoms with E-state index < -0.39 is 6.10 Å². The molecule has 1 saturated heterocycles. The number of nitrogens with zero attached hydrogens (tertiary/aromatic N) is 2. The fourth-order valence-corrected chi connectivity index (χ4v) is 3.80. The number of rotatable bonds is 5. The van der Waals surface area contributed by atoms with Gasteiger partial charge in [0, 0.05) is 43.6 Å². The van der Waals surface area contributed by atoms with Crippen LogP contribution in [0.15, 0.2) is 17.1 Å². The highest BCUT2D eigenvalue weighted by Gasteiger charge is 2.21. The monoisotopic (exact) mass is 486 g/mol. The van der Waals surface area contributed by atoms with Gasteiger partial charge in [0.05, 0.1) is 4.34 Å². The topological polar surface area (TPSA) is 59.9 Å². The maximum atomic E-state index is 10.2. The van der Waals surface area contributed by atoms with E-state index in [0.29, 0.717) is 23.0 Å². The van der Waals surface area contributed by atoms with Gasteiger partial charge < -0.3 is 20.6 Å². The number of aliphatic hydroxyl groups is 1. The van der Waals surface area contributed by atoms with Gasteiger partial charge in [-0.3, -0.25) is 4.99 Å². The predicted molar refractivity (Wildman–Crippen MR) is 114 cm³/mol. The van der Waals surface area contributed by atoms with Gasteiger partial charge in [-0.25, -0.2) is 0 Å². The van der Waals surface area contributed by atoms with Crippen LogP contribution in [-0.2, 0) is 0 Å². The van der Waals surface area contributed by atoms with Crippen LogP contribution in [0.1, 0.15) is 37.7 Å². The van der Waals surface area contributed by atoms with Crippen LogP contribution in [-0.4, -0.2) is 54.7 Å². The number of hydrogen-bond donors (Lipinski definition) is 3. The molecule has 5 nitrogen and oxygen atoms in total. The molecule has 0 amide bonds. The van der Waals surface area contributed by atoms with Crippen LogP contribution in [0.2, 0.25) is 4.34 Å². The zero-order valence-corrected chi connectivity index (χ0v) is 18.4. The van der Waals surface area contributed by atoms with Gasteiger partial charge in [0.2, 0.25) is 0 Å². The highest BCUT2D eigenvalue weighted by Crippen LogP contribution is 2.26. The Labute approximate surface area is 170 Å². The lowest BCUT2D eigenvalue weighted by atomic mass is 10.0. The molecular formula is C16H28ClIN4OS. The van der Waals surface area contributed by atoms with Crippen LogP contribution in [0, 0.1) is 0 Å². The summed E-state index contributed by atoms with van der Waals surface area (Å²) in [6, 6.07) is 4.71. The molecule has 2 rings (SSSR count). The molecule has 0 bridgehead atoms. The Morgan fingerprint density at radius 1 is 1.42 bits per heavy atom. The van der Waals surface area contributed by atoms with Crippen molar-refractivity contribution in [3.05, 3.63) is 21.3 Å². The first-order valence-corrected chi connectivity index (χ1v) is 9.33. The van der Waals surface area contributed by atoms with Gasteiger partial charge in [-0.1, -0.05) is 11.6 Å². The van der Waals surface area contributed by atoms with Crippen molar-refractivity contribution >= 4 is 52.9 Å². The number of aliphatic imine (C=N–C) groups is 1. The minimum Gasteiger partial charge on any atom is -0.386 e. The Hall–Kier alpha value is -0.0900. The van der Waals surface area contributed by atoms with Gasteiger partial charge in [-0.15, -0.1) is 35.3 Å². The average Bonchev–Trinajstić information content (AvgIpc) is 2.98. The molecule has 1 unspecified atom stereocenters.